The second kappa shape index (κ2) is 34.7. The molecule has 0 saturated heterocycles. The summed E-state index contributed by atoms with van der Waals surface area (Å²) in [4.78, 5) is 20.8. The number of hydrogen-bond acceptors (Lipinski definition) is 9. The Morgan fingerprint density at radius 1 is 0.604 bits per heavy atom. The number of hydrogen-bond donors (Lipinski definition) is 7. The van der Waals surface area contributed by atoms with Crippen molar-refractivity contribution >= 4 is 106 Å². The summed E-state index contributed by atoms with van der Waals surface area (Å²) >= 11 is 6.85. The van der Waals surface area contributed by atoms with E-state index in [2.05, 4.69) is 190 Å². The van der Waals surface area contributed by atoms with Gasteiger partial charge in [-0.05, 0) is 133 Å². The Balaban J connectivity index is 0.000000206. The van der Waals surface area contributed by atoms with Gasteiger partial charge in [0.05, 0.1) is 50.7 Å². The maximum atomic E-state index is 10.5. The number of alkyl halides is 5. The molecule has 14 rings (SSSR count). The number of nitrogens with one attached hydrogen (secondary N) is 5. The average molecular weight is 1380 g/mol. The Labute approximate surface area is 571 Å². The Bertz CT molecular complexity index is 4250. The smallest absolute Gasteiger partial charge is 1.00 e. The predicted octanol–water partition coefficient (Wildman–Crippen LogP) is 12.5. The third-order valence-corrected chi connectivity index (χ3v) is 17.1. The molecule has 2 atom stereocenters. The number of H-pyrrole nitrogens is 4. The molecule has 2 aliphatic heterocycles. The molecule has 0 saturated carbocycles. The summed E-state index contributed by atoms with van der Waals surface area (Å²) in [6.07, 6.45) is 1.74. The van der Waals surface area contributed by atoms with Crippen molar-refractivity contribution in [3.63, 3.8) is 0 Å². The van der Waals surface area contributed by atoms with Gasteiger partial charge in [0.15, 0.2) is 6.20 Å². The van der Waals surface area contributed by atoms with E-state index in [4.69, 9.17) is 29.2 Å². The van der Waals surface area contributed by atoms with Crippen molar-refractivity contribution in [1.82, 2.24) is 35.1 Å². The molecule has 2 unspecified atom stereocenters. The number of halogens is 5. The standard InChI is InChI=1S/C20H22N2O.C14H13BrN2O.C13H16N2O.C13H12N2O.C7H7Br.C2H3F3O.CH4O.B.Na.H/c1-14-20-18(17-9-8-16(23-2)12-19(17)21-20)10-11-22(14)13-15-6-4-3-5-7-15;1-9-14-12(5-6-17(9)8-15)11-4-3-10(18-2)7-13(11)16-14;2*1-8-13-11(5-6-14-8)10-4-3-9(16-2)7-12(10)15-13;8-6-7-4-2-1-3-5-7;3-2(4,5)1-6;1-2;;;/h3-9,12,14,21H,10-11,13H2,1-2H3;3-7H,8H2,1-2H3;3-4,7-8,14-15H,5-6H2,1-2H3;3-7,15H,1-2H3;1-5H,6H2;6H,1H2;2H,1H3;;;/q;;;;;;;;+1;-1/p+1. The van der Waals surface area contributed by atoms with Gasteiger partial charge in [0, 0.05) is 144 Å². The van der Waals surface area contributed by atoms with Crippen LogP contribution in [0.5, 0.6) is 23.0 Å². The van der Waals surface area contributed by atoms with Crippen molar-refractivity contribution in [3.8, 4) is 23.0 Å². The first-order valence-corrected chi connectivity index (χ1v) is 31.4. The Morgan fingerprint density at radius 2 is 1.05 bits per heavy atom. The van der Waals surface area contributed by atoms with Crippen LogP contribution in [-0.2, 0) is 30.2 Å². The fraction of sp³-hybridized carbons (Fsp3) is 0.286. The number of pyridine rings is 2. The molecule has 6 aromatic heterocycles. The van der Waals surface area contributed by atoms with Gasteiger partial charge in [0.25, 0.3) is 0 Å². The molecular weight excluding hydrogens is 1300 g/mol. The van der Waals surface area contributed by atoms with E-state index < -0.39 is 12.8 Å². The predicted molar refractivity (Wildman–Crippen MR) is 367 cm³/mol. The molecule has 3 radical (unpaired) electrons. The number of aryl methyl sites for hydroxylation is 2. The first-order chi connectivity index (χ1) is 43.1. The van der Waals surface area contributed by atoms with E-state index in [1.807, 2.05) is 67.7 Å². The van der Waals surface area contributed by atoms with Crippen LogP contribution in [0, 0.1) is 13.8 Å². The minimum atomic E-state index is -4.40. The summed E-state index contributed by atoms with van der Waals surface area (Å²) in [5, 5.41) is 26.3. The minimum Gasteiger partial charge on any atom is -1.00 e. The van der Waals surface area contributed by atoms with Crippen molar-refractivity contribution in [2.24, 2.45) is 0 Å². The molecule has 0 aliphatic carbocycles. The van der Waals surface area contributed by atoms with Gasteiger partial charge in [-0.15, -0.1) is 0 Å². The van der Waals surface area contributed by atoms with Crippen LogP contribution in [0.3, 0.4) is 0 Å². The van der Waals surface area contributed by atoms with E-state index in [9.17, 15) is 13.2 Å². The van der Waals surface area contributed by atoms with Crippen molar-refractivity contribution in [2.45, 2.75) is 76.1 Å². The van der Waals surface area contributed by atoms with Crippen LogP contribution in [0.15, 0.2) is 158 Å². The van der Waals surface area contributed by atoms with Crippen LogP contribution in [0.1, 0.15) is 72.4 Å². The van der Waals surface area contributed by atoms with Gasteiger partial charge >= 0.3 is 35.7 Å². The first kappa shape index (κ1) is 73.2. The second-order valence-electron chi connectivity index (χ2n) is 21.2. The molecule has 0 amide bonds. The van der Waals surface area contributed by atoms with E-state index in [1.54, 1.807) is 28.4 Å². The van der Waals surface area contributed by atoms with Crippen molar-refractivity contribution in [1.29, 1.82) is 0 Å². The van der Waals surface area contributed by atoms with Crippen molar-refractivity contribution in [3.05, 3.63) is 203 Å². The van der Waals surface area contributed by atoms with Crippen LogP contribution in [0.25, 0.3) is 65.4 Å². The van der Waals surface area contributed by atoms with Gasteiger partial charge in [-0.1, -0.05) is 76.6 Å². The summed E-state index contributed by atoms with van der Waals surface area (Å²) in [5.41, 5.74) is 18.2. The maximum Gasteiger partial charge on any atom is 1.00 e. The van der Waals surface area contributed by atoms with Crippen LogP contribution >= 0.6 is 31.9 Å². The number of benzene rings is 6. The summed E-state index contributed by atoms with van der Waals surface area (Å²) in [6, 6.07) is 50.8. The van der Waals surface area contributed by atoms with Gasteiger partial charge in [-0.3, -0.25) is 9.88 Å². The maximum absolute atomic E-state index is 10.5. The van der Waals surface area contributed by atoms with E-state index in [0.717, 1.165) is 95.6 Å². The van der Waals surface area contributed by atoms with E-state index >= 15 is 0 Å². The van der Waals surface area contributed by atoms with Crippen molar-refractivity contribution in [2.75, 3.05) is 55.2 Å². The largest absolute Gasteiger partial charge is 1.00 e. The van der Waals surface area contributed by atoms with Gasteiger partial charge in [0.2, 0.25) is 11.1 Å². The van der Waals surface area contributed by atoms with Crippen LogP contribution in [-0.4, -0.2) is 110 Å². The van der Waals surface area contributed by atoms with Crippen LogP contribution in [0.4, 0.5) is 13.2 Å². The summed E-state index contributed by atoms with van der Waals surface area (Å²) < 4.78 is 54.8. The molecule has 0 fully saturated rings. The molecule has 21 heteroatoms. The average Bonchev–Trinajstić information content (AvgIpc) is 1.67. The number of aromatic nitrogens is 6. The van der Waals surface area contributed by atoms with Crippen molar-refractivity contribution < 1.29 is 77.9 Å². The first-order valence-electron chi connectivity index (χ1n) is 29.1. The van der Waals surface area contributed by atoms with E-state index in [-0.39, 0.29) is 39.4 Å². The molecule has 7 N–H and O–H groups in total. The molecule has 473 valence electrons. The zero-order chi connectivity index (χ0) is 63.8. The molecule has 6 aromatic carbocycles. The molecule has 91 heavy (non-hydrogen) atoms. The molecular formula is C70H79BBr2F3N8NaO6+. The van der Waals surface area contributed by atoms with Gasteiger partial charge in [-0.2, -0.15) is 17.7 Å². The van der Waals surface area contributed by atoms with E-state index in [1.165, 1.54) is 88.2 Å². The minimum absolute atomic E-state index is 0. The monoisotopic (exact) mass is 1380 g/mol. The molecule has 0 bridgehead atoms. The molecule has 0 spiro atoms. The number of ether oxygens (including phenoxy) is 4. The number of methoxy groups -OCH3 is 4. The molecule has 2 aliphatic rings. The van der Waals surface area contributed by atoms with Crippen LogP contribution in [0.2, 0.25) is 0 Å². The molecule has 8 heterocycles. The summed E-state index contributed by atoms with van der Waals surface area (Å²) in [5.74, 6) is 3.56. The van der Waals surface area contributed by atoms with Crippen LogP contribution < -0.4 is 58.4 Å². The number of aliphatic hydroxyl groups is 2. The number of fused-ring (bicyclic) bond motifs is 12. The second-order valence-corrected chi connectivity index (χ2v) is 22.3. The Hall–Kier alpha value is -6.85. The zero-order valence-electron chi connectivity index (χ0n) is 54.2. The SMILES string of the molecule is BrCc1ccccc1.CO.COc1ccc2c(c1)[nH]c1c(C)[n+](CBr)ccc12.COc1ccc2c(c1)[nH]c1c(C)nccc12.COc1ccc2c3c([nH]c2c1)C(C)N(Cc1ccccc1)CC3.COc1ccc2c3c([nH]c2c1)C(C)NCC3.OCC(F)(F)F.[B].[H-].[Na+]. The summed E-state index contributed by atoms with van der Waals surface area (Å²) in [6.45, 7) is 10.1. The third-order valence-electron chi connectivity index (χ3n) is 15.9. The molecule has 12 aromatic rings. The van der Waals surface area contributed by atoms with Gasteiger partial charge < -0.3 is 55.8 Å². The number of nitrogens with zero attached hydrogens (tertiary/aromatic N) is 3. The normalized spacial score (nSPS) is 13.9. The summed E-state index contributed by atoms with van der Waals surface area (Å²) in [7, 11) is 7.78. The quantitative estimate of drug-likeness (QED) is 0.0444. The fourth-order valence-corrected chi connectivity index (χ4v) is 12.1. The number of aliphatic hydroxyl groups excluding tert-OH is 2. The van der Waals surface area contributed by atoms with Gasteiger partial charge in [-0.25, -0.2) is 0 Å². The molecule has 14 nitrogen and oxygen atoms in total. The van der Waals surface area contributed by atoms with Gasteiger partial charge in [0.1, 0.15) is 35.1 Å². The Morgan fingerprint density at radius 3 is 1.53 bits per heavy atom. The number of aromatic amines is 4. The topological polar surface area (TPSA) is 173 Å². The Kier molecular flexibility index (Phi) is 27.9. The zero-order valence-corrected chi connectivity index (χ0v) is 58.3. The third kappa shape index (κ3) is 18.1. The van der Waals surface area contributed by atoms with E-state index in [0.29, 0.717) is 12.1 Å². The number of rotatable bonds is 8. The fourth-order valence-electron chi connectivity index (χ4n) is 11.2.